The van der Waals surface area contributed by atoms with Crippen molar-refractivity contribution in [1.29, 1.82) is 0 Å². The van der Waals surface area contributed by atoms with Crippen molar-refractivity contribution in [2.75, 3.05) is 0 Å². The van der Waals surface area contributed by atoms with Gasteiger partial charge in [0, 0.05) is 16.7 Å². The highest BCUT2D eigenvalue weighted by molar-refractivity contribution is 5.73. The van der Waals surface area contributed by atoms with Gasteiger partial charge in [-0.05, 0) is 31.0 Å². The van der Waals surface area contributed by atoms with E-state index in [-0.39, 0.29) is 0 Å². The van der Waals surface area contributed by atoms with Gasteiger partial charge in [-0.3, -0.25) is 0 Å². The largest absolute Gasteiger partial charge is 0.228 e. The van der Waals surface area contributed by atoms with Crippen LogP contribution in [0.2, 0.25) is 0 Å². The maximum Gasteiger partial charge on any atom is 0.160 e. The third-order valence-electron chi connectivity index (χ3n) is 4.71. The summed E-state index contributed by atoms with van der Waals surface area (Å²) in [6.07, 6.45) is 0. The maximum atomic E-state index is 4.89. The molecule has 0 atom stereocenters. The lowest BCUT2D eigenvalue weighted by atomic mass is 9.99. The summed E-state index contributed by atoms with van der Waals surface area (Å²) in [7, 11) is 0. The number of hydrogen-bond acceptors (Lipinski definition) is 2. The Hall–Kier alpha value is -3.26. The Balaban J connectivity index is 1.95. The first-order valence-corrected chi connectivity index (χ1v) is 8.79. The van der Waals surface area contributed by atoms with Crippen LogP contribution in [0.15, 0.2) is 84.9 Å². The fraction of sp³-hybridized carbons (Fsp3) is 0.0833. The van der Waals surface area contributed by atoms with Crippen molar-refractivity contribution >= 4 is 0 Å². The summed E-state index contributed by atoms with van der Waals surface area (Å²) >= 11 is 0. The Morgan fingerprint density at radius 1 is 0.577 bits per heavy atom. The van der Waals surface area contributed by atoms with Gasteiger partial charge < -0.3 is 0 Å². The molecule has 4 rings (SSSR count). The molecule has 0 saturated heterocycles. The van der Waals surface area contributed by atoms with Crippen LogP contribution in [0.4, 0.5) is 0 Å². The molecule has 0 aliphatic heterocycles. The number of aryl methyl sites for hydroxylation is 1. The molecule has 4 aromatic rings. The van der Waals surface area contributed by atoms with Crippen LogP contribution in [-0.2, 0) is 0 Å². The standard InChI is InChI=1S/C24H20N2/c1-17-10-9-15-21(18(17)2)23-16-22(19-11-5-3-6-12-19)25-24(26-23)20-13-7-4-8-14-20/h3-16H,1-2H3. The monoisotopic (exact) mass is 336 g/mol. The topological polar surface area (TPSA) is 25.8 Å². The number of nitrogens with zero attached hydrogens (tertiary/aromatic N) is 2. The molecule has 0 saturated carbocycles. The van der Waals surface area contributed by atoms with Gasteiger partial charge in [-0.1, -0.05) is 78.9 Å². The Bertz CT molecular complexity index is 981. The summed E-state index contributed by atoms with van der Waals surface area (Å²) in [5.74, 6) is 0.753. The second-order valence-corrected chi connectivity index (χ2v) is 6.44. The average Bonchev–Trinajstić information content (AvgIpc) is 2.71. The van der Waals surface area contributed by atoms with E-state index in [1.807, 2.05) is 36.4 Å². The molecule has 0 aliphatic carbocycles. The highest BCUT2D eigenvalue weighted by Gasteiger charge is 2.12. The highest BCUT2D eigenvalue weighted by atomic mass is 14.9. The Morgan fingerprint density at radius 3 is 1.88 bits per heavy atom. The Kier molecular flexibility index (Phi) is 4.32. The minimum absolute atomic E-state index is 0.753. The summed E-state index contributed by atoms with van der Waals surface area (Å²) in [6.45, 7) is 4.29. The van der Waals surface area contributed by atoms with Crippen molar-refractivity contribution < 1.29 is 0 Å². The first-order chi connectivity index (χ1) is 12.7. The molecule has 0 unspecified atom stereocenters. The zero-order valence-electron chi connectivity index (χ0n) is 15.0. The molecule has 0 N–H and O–H groups in total. The van der Waals surface area contributed by atoms with Crippen molar-refractivity contribution in [3.63, 3.8) is 0 Å². The van der Waals surface area contributed by atoms with Gasteiger partial charge >= 0.3 is 0 Å². The van der Waals surface area contributed by atoms with Crippen molar-refractivity contribution in [1.82, 2.24) is 9.97 Å². The third-order valence-corrected chi connectivity index (χ3v) is 4.71. The summed E-state index contributed by atoms with van der Waals surface area (Å²) in [4.78, 5) is 9.73. The van der Waals surface area contributed by atoms with E-state index in [9.17, 15) is 0 Å². The minimum Gasteiger partial charge on any atom is -0.228 e. The molecule has 0 spiro atoms. The SMILES string of the molecule is Cc1cccc(-c2cc(-c3ccccc3)nc(-c3ccccc3)n2)c1C. The average molecular weight is 336 g/mol. The lowest BCUT2D eigenvalue weighted by Gasteiger charge is -2.12. The number of rotatable bonds is 3. The van der Waals surface area contributed by atoms with Crippen molar-refractivity contribution in [3.8, 4) is 33.9 Å². The van der Waals surface area contributed by atoms with Crippen molar-refractivity contribution in [2.45, 2.75) is 13.8 Å². The zero-order valence-corrected chi connectivity index (χ0v) is 15.0. The van der Waals surface area contributed by atoms with Gasteiger partial charge in [0.05, 0.1) is 11.4 Å². The lowest BCUT2D eigenvalue weighted by molar-refractivity contribution is 1.17. The van der Waals surface area contributed by atoms with Crippen LogP contribution in [0.25, 0.3) is 33.9 Å². The summed E-state index contributed by atoms with van der Waals surface area (Å²) < 4.78 is 0. The van der Waals surface area contributed by atoms with Gasteiger partial charge in [0.25, 0.3) is 0 Å². The number of benzene rings is 3. The highest BCUT2D eigenvalue weighted by Crippen LogP contribution is 2.29. The summed E-state index contributed by atoms with van der Waals surface area (Å²) in [5.41, 5.74) is 7.69. The molecule has 126 valence electrons. The fourth-order valence-electron chi connectivity index (χ4n) is 3.09. The van der Waals surface area contributed by atoms with E-state index in [0.29, 0.717) is 0 Å². The van der Waals surface area contributed by atoms with E-state index in [0.717, 1.165) is 33.9 Å². The molecule has 0 bridgehead atoms. The number of hydrogen-bond donors (Lipinski definition) is 0. The molecule has 26 heavy (non-hydrogen) atoms. The van der Waals surface area contributed by atoms with Gasteiger partial charge in [-0.15, -0.1) is 0 Å². The van der Waals surface area contributed by atoms with Crippen LogP contribution in [0.1, 0.15) is 11.1 Å². The van der Waals surface area contributed by atoms with E-state index in [1.165, 1.54) is 11.1 Å². The normalized spacial score (nSPS) is 10.7. The smallest absolute Gasteiger partial charge is 0.160 e. The van der Waals surface area contributed by atoms with Crippen LogP contribution >= 0.6 is 0 Å². The maximum absolute atomic E-state index is 4.89. The first kappa shape index (κ1) is 16.2. The minimum atomic E-state index is 0.753. The second kappa shape index (κ2) is 6.93. The molecule has 3 aromatic carbocycles. The summed E-state index contributed by atoms with van der Waals surface area (Å²) in [6, 6.07) is 28.9. The molecule has 0 fully saturated rings. The van der Waals surface area contributed by atoms with E-state index in [2.05, 4.69) is 62.4 Å². The predicted octanol–water partition coefficient (Wildman–Crippen LogP) is 6.09. The molecular weight excluding hydrogens is 316 g/mol. The summed E-state index contributed by atoms with van der Waals surface area (Å²) in [5, 5.41) is 0. The zero-order chi connectivity index (χ0) is 17.9. The first-order valence-electron chi connectivity index (χ1n) is 8.79. The van der Waals surface area contributed by atoms with E-state index >= 15 is 0 Å². The molecule has 0 amide bonds. The van der Waals surface area contributed by atoms with Crippen LogP contribution in [0.3, 0.4) is 0 Å². The number of aromatic nitrogens is 2. The van der Waals surface area contributed by atoms with Crippen LogP contribution < -0.4 is 0 Å². The lowest BCUT2D eigenvalue weighted by Crippen LogP contribution is -1.97. The van der Waals surface area contributed by atoms with Crippen LogP contribution in [-0.4, -0.2) is 9.97 Å². The molecular formula is C24H20N2. The fourth-order valence-corrected chi connectivity index (χ4v) is 3.09. The molecule has 1 aromatic heterocycles. The Morgan fingerprint density at radius 2 is 1.19 bits per heavy atom. The second-order valence-electron chi connectivity index (χ2n) is 6.44. The Labute approximate surface area is 154 Å². The molecule has 0 aliphatic rings. The van der Waals surface area contributed by atoms with Crippen LogP contribution in [0, 0.1) is 13.8 Å². The van der Waals surface area contributed by atoms with Crippen molar-refractivity contribution in [2.24, 2.45) is 0 Å². The predicted molar refractivity (Wildman–Crippen MR) is 108 cm³/mol. The third kappa shape index (κ3) is 3.14. The van der Waals surface area contributed by atoms with Crippen LogP contribution in [0.5, 0.6) is 0 Å². The van der Waals surface area contributed by atoms with Gasteiger partial charge in [0.2, 0.25) is 0 Å². The van der Waals surface area contributed by atoms with Crippen molar-refractivity contribution in [3.05, 3.63) is 96.1 Å². The van der Waals surface area contributed by atoms with Gasteiger partial charge in [0.15, 0.2) is 5.82 Å². The quantitative estimate of drug-likeness (QED) is 0.452. The van der Waals surface area contributed by atoms with Gasteiger partial charge in [-0.2, -0.15) is 0 Å². The van der Waals surface area contributed by atoms with Gasteiger partial charge in [-0.25, -0.2) is 9.97 Å². The molecule has 0 radical (unpaired) electrons. The van der Waals surface area contributed by atoms with E-state index in [4.69, 9.17) is 9.97 Å². The molecule has 2 nitrogen and oxygen atoms in total. The molecule has 2 heteroatoms. The molecule has 1 heterocycles. The van der Waals surface area contributed by atoms with E-state index < -0.39 is 0 Å². The van der Waals surface area contributed by atoms with E-state index in [1.54, 1.807) is 0 Å². The van der Waals surface area contributed by atoms with Gasteiger partial charge in [0.1, 0.15) is 0 Å².